The highest BCUT2D eigenvalue weighted by molar-refractivity contribution is 7.28. The second kappa shape index (κ2) is 22.1. The van der Waals surface area contributed by atoms with Gasteiger partial charge in [0, 0.05) is 131 Å². The molecule has 0 aliphatic carbocycles. The summed E-state index contributed by atoms with van der Waals surface area (Å²) in [6, 6.07) is 98.3. The molecule has 0 saturated carbocycles. The number of rotatable bonds is 3. The van der Waals surface area contributed by atoms with Gasteiger partial charge in [-0.2, -0.15) is 0 Å². The molecule has 0 bridgehead atoms. The van der Waals surface area contributed by atoms with Gasteiger partial charge >= 0.3 is 0 Å². The highest BCUT2D eigenvalue weighted by Gasteiger charge is 2.26. The molecule has 0 saturated heterocycles. The third kappa shape index (κ3) is 8.57. The van der Waals surface area contributed by atoms with Crippen molar-refractivity contribution in [2.45, 2.75) is 0 Å². The Balaban J connectivity index is 0.000000106. The van der Waals surface area contributed by atoms with E-state index in [4.69, 9.17) is 30.4 Å². The number of fused-ring (bicyclic) bond motifs is 32. The van der Waals surface area contributed by atoms with Crippen LogP contribution >= 0.6 is 56.9 Å². The number of H-pyrrole nitrogens is 1. The Hall–Kier alpha value is -11.9. The van der Waals surface area contributed by atoms with E-state index in [0.29, 0.717) is 5.95 Å². The zero-order valence-corrected chi connectivity index (χ0v) is 57.1. The Morgan fingerprint density at radius 1 is 0.307 bits per heavy atom. The molecule has 0 spiro atoms. The number of furan rings is 2. The lowest BCUT2D eigenvalue weighted by molar-refractivity contribution is 0.668. The van der Waals surface area contributed by atoms with E-state index in [2.05, 4.69) is 244 Å². The fourth-order valence-electron chi connectivity index (χ4n) is 15.7. The highest BCUT2D eigenvalue weighted by Crippen LogP contribution is 2.51. The van der Waals surface area contributed by atoms with Crippen LogP contribution < -0.4 is 0 Å². The summed E-state index contributed by atoms with van der Waals surface area (Å²) in [5.74, 6) is 0.672. The monoisotopic (exact) mass is 1380 g/mol. The van der Waals surface area contributed by atoms with Crippen molar-refractivity contribution in [1.29, 1.82) is 0 Å². The van der Waals surface area contributed by atoms with Crippen LogP contribution in [0.1, 0.15) is 0 Å². The van der Waals surface area contributed by atoms with E-state index in [9.17, 15) is 0 Å². The number of nitrogens with one attached hydrogen (secondary N) is 1. The van der Waals surface area contributed by atoms with Gasteiger partial charge in [0.1, 0.15) is 22.3 Å². The third-order valence-corrected chi connectivity index (χ3v) is 25.0. The lowest BCUT2D eigenvalue weighted by Crippen LogP contribution is -2.03. The number of hydrogen-bond donors (Lipinski definition) is 1. The topological polar surface area (TPSA) is 98.6 Å². The third-order valence-electron chi connectivity index (χ3n) is 20.0. The second-order valence-electron chi connectivity index (χ2n) is 25.6. The van der Waals surface area contributed by atoms with Crippen LogP contribution in [-0.4, -0.2) is 29.5 Å². The Kier molecular flexibility index (Phi) is 12.5. The molecule has 0 fully saturated rings. The molecule has 0 aliphatic rings. The molecule has 13 heteroatoms. The van der Waals surface area contributed by atoms with Gasteiger partial charge in [0.15, 0.2) is 0 Å². The van der Waals surface area contributed by atoms with Gasteiger partial charge in [-0.05, 0) is 107 Å². The Morgan fingerprint density at radius 3 is 1.32 bits per heavy atom. The number of aromatic amines is 1. The van der Waals surface area contributed by atoms with Crippen molar-refractivity contribution < 1.29 is 8.83 Å². The fourth-order valence-corrected chi connectivity index (χ4v) is 20.7. The summed E-state index contributed by atoms with van der Waals surface area (Å²) in [4.78, 5) is 23.8. The van der Waals surface area contributed by atoms with E-state index in [1.165, 1.54) is 104 Å². The molecule has 0 radical (unpaired) electrons. The van der Waals surface area contributed by atoms with Gasteiger partial charge in [0.25, 0.3) is 0 Å². The molecule has 1 N–H and O–H groups in total. The largest absolute Gasteiger partial charge is 0.456 e. The summed E-state index contributed by atoms with van der Waals surface area (Å²) < 4.78 is 24.3. The zero-order chi connectivity index (χ0) is 66.1. The molecule has 0 amide bonds. The molecule has 10 aromatic heterocycles. The normalized spacial score (nSPS) is 12.2. The molecule has 0 atom stereocenters. The minimum Gasteiger partial charge on any atom is -0.456 e. The van der Waals surface area contributed by atoms with Gasteiger partial charge in [0.05, 0.1) is 48.4 Å². The van der Waals surface area contributed by atoms with E-state index < -0.39 is 0 Å². The summed E-state index contributed by atoms with van der Waals surface area (Å²) in [5.41, 5.74) is 14.0. The van der Waals surface area contributed by atoms with Crippen molar-refractivity contribution in [3.05, 3.63) is 284 Å². The van der Waals surface area contributed by atoms with Crippen molar-refractivity contribution >= 4 is 247 Å². The smallest absolute Gasteiger partial charge is 0.235 e. The van der Waals surface area contributed by atoms with Crippen LogP contribution in [0.5, 0.6) is 0 Å². The van der Waals surface area contributed by atoms with Crippen LogP contribution in [0.3, 0.4) is 0 Å². The molecule has 24 aromatic rings. The van der Waals surface area contributed by atoms with Crippen LogP contribution in [-0.2, 0) is 0 Å². The molecule has 10 heterocycles. The molecular formula is C88H47ClN6O2S4. The maximum atomic E-state index is 6.29. The molecular weight excluding hydrogens is 1340 g/mol. The minimum atomic E-state index is 0.262. The number of hydrogen-bond acceptors (Lipinski definition) is 10. The zero-order valence-electron chi connectivity index (χ0n) is 53.1. The van der Waals surface area contributed by atoms with Gasteiger partial charge in [-0.1, -0.05) is 194 Å². The fraction of sp³-hybridized carbons (Fsp3) is 0. The summed E-state index contributed by atoms with van der Waals surface area (Å²) in [7, 11) is 0. The van der Waals surface area contributed by atoms with Crippen molar-refractivity contribution in [2.75, 3.05) is 0 Å². The van der Waals surface area contributed by atoms with E-state index in [-0.39, 0.29) is 5.28 Å². The van der Waals surface area contributed by atoms with Gasteiger partial charge in [-0.3, -0.25) is 4.57 Å². The number of nitrogens with zero attached hydrogens (tertiary/aromatic N) is 5. The summed E-state index contributed by atoms with van der Waals surface area (Å²) in [5, 5.41) is 22.4. The van der Waals surface area contributed by atoms with Crippen molar-refractivity contribution in [3.8, 4) is 28.5 Å². The van der Waals surface area contributed by atoms with Gasteiger partial charge in [-0.15, -0.1) is 45.3 Å². The van der Waals surface area contributed by atoms with Crippen LogP contribution in [0.4, 0.5) is 0 Å². The molecule has 101 heavy (non-hydrogen) atoms. The maximum absolute atomic E-state index is 6.29. The van der Waals surface area contributed by atoms with Crippen molar-refractivity contribution in [1.82, 2.24) is 29.5 Å². The molecule has 0 aliphatic heterocycles. The number of thiophene rings is 4. The quantitative estimate of drug-likeness (QED) is 0.177. The van der Waals surface area contributed by atoms with Crippen LogP contribution in [0.25, 0.3) is 218 Å². The molecule has 8 nitrogen and oxygen atoms in total. The van der Waals surface area contributed by atoms with E-state index >= 15 is 0 Å². The molecule has 14 aromatic carbocycles. The first-order chi connectivity index (χ1) is 50.0. The Morgan fingerprint density at radius 2 is 0.723 bits per heavy atom. The van der Waals surface area contributed by atoms with Gasteiger partial charge in [-0.25, -0.2) is 19.9 Å². The predicted octanol–water partition coefficient (Wildman–Crippen LogP) is 26.9. The van der Waals surface area contributed by atoms with Crippen LogP contribution in [0.15, 0.2) is 288 Å². The number of benzene rings is 14. The first kappa shape index (κ1) is 57.1. The average molecular weight is 1380 g/mol. The van der Waals surface area contributed by atoms with Gasteiger partial charge < -0.3 is 13.8 Å². The lowest BCUT2D eigenvalue weighted by atomic mass is 10.00. The van der Waals surface area contributed by atoms with Crippen LogP contribution in [0.2, 0.25) is 5.28 Å². The lowest BCUT2D eigenvalue weighted by Gasteiger charge is -2.12. The van der Waals surface area contributed by atoms with Crippen molar-refractivity contribution in [3.63, 3.8) is 0 Å². The standard InChI is InChI=1S/C44H23N3OS2.C22H11ClN2OS.C22H13NS/c1-2-13-27-26(12-1)37-28-14-3-7-17-32(28)47(41(37)38-29-15-5-9-19-35(29)49-42(27)38)44-45-39(43-40(46-44)30-16-6-10-20-36(30)50-43)24-21-22-34-31(23-24)25-11-4-8-18-33(25)48-34;23-22-24-19(21-20(25-22)14-6-2-4-8-18(14)27-21)12-9-10-17-15(11-12)13-5-1-3-7-16(13)26-17;1-2-8-14-13(7-1)19-15-9-3-5-11-17(15)23-21(19)20-16-10-4-6-12-18(16)24-22(14)20/h1-23H;1-11H;1-12,23H. The van der Waals surface area contributed by atoms with Crippen LogP contribution in [0, 0.1) is 0 Å². The van der Waals surface area contributed by atoms with E-state index in [1.54, 1.807) is 22.7 Å². The first-order valence-corrected chi connectivity index (χ1v) is 37.0. The van der Waals surface area contributed by atoms with Gasteiger partial charge in [0.2, 0.25) is 11.2 Å². The SMILES string of the molecule is Clc1nc(-c2ccc3oc4ccccc4c3c2)c2sc3ccccc3c2n1.c1ccc2c(c1)[nH]c1c2c2ccccc2c2sc3ccccc3c12.c1ccc2c(c1)oc1ccc(-c3nc(-n4c5ccccc5c5c6ccccc6c6sc7ccccc7c6c54)nc4c3sc3ccccc34)cc12. The molecule has 24 rings (SSSR count). The molecule has 0 unspecified atom stereocenters. The molecule has 472 valence electrons. The summed E-state index contributed by atoms with van der Waals surface area (Å²) in [6.07, 6.45) is 0. The van der Waals surface area contributed by atoms with E-state index in [1.807, 2.05) is 77.3 Å². The summed E-state index contributed by atoms with van der Waals surface area (Å²) >= 11 is 13.5. The van der Waals surface area contributed by atoms with E-state index in [0.717, 1.165) is 109 Å². The average Bonchev–Trinajstić information content (AvgIpc) is 1.58. The second-order valence-corrected chi connectivity index (χ2v) is 30.1. The number of halogens is 1. The first-order valence-electron chi connectivity index (χ1n) is 33.3. The minimum absolute atomic E-state index is 0.262. The predicted molar refractivity (Wildman–Crippen MR) is 431 cm³/mol. The number of aromatic nitrogens is 6. The van der Waals surface area contributed by atoms with Crippen molar-refractivity contribution in [2.24, 2.45) is 0 Å². The number of para-hydroxylation sites is 4. The Bertz CT molecular complexity index is 7650. The highest BCUT2D eigenvalue weighted by atomic mass is 35.5. The Labute approximate surface area is 593 Å². The summed E-state index contributed by atoms with van der Waals surface area (Å²) in [6.45, 7) is 0. The maximum Gasteiger partial charge on any atom is 0.235 e.